The molecular weight excluding hydrogens is 202 g/mol. The first-order valence-electron chi connectivity index (χ1n) is 5.69. The van der Waals surface area contributed by atoms with Gasteiger partial charge >= 0.3 is 0 Å². The fraction of sp³-hybridized carbons (Fsp3) is 0.583. The van der Waals surface area contributed by atoms with Crippen LogP contribution >= 0.6 is 0 Å². The molecule has 1 aliphatic rings. The molecular formula is C12H19N3O. The van der Waals surface area contributed by atoms with E-state index in [2.05, 4.69) is 23.9 Å². The molecule has 2 heterocycles. The zero-order valence-electron chi connectivity index (χ0n) is 9.89. The van der Waals surface area contributed by atoms with Gasteiger partial charge in [-0.2, -0.15) is 0 Å². The first-order valence-corrected chi connectivity index (χ1v) is 5.69. The minimum Gasteiger partial charge on any atom is -0.384 e. The highest BCUT2D eigenvalue weighted by molar-refractivity contribution is 5.29. The van der Waals surface area contributed by atoms with Gasteiger partial charge in [-0.25, -0.2) is 4.98 Å². The minimum absolute atomic E-state index is 0.326. The van der Waals surface area contributed by atoms with E-state index >= 15 is 0 Å². The van der Waals surface area contributed by atoms with Crippen molar-refractivity contribution in [3.8, 4) is 0 Å². The topological polar surface area (TPSA) is 51.4 Å². The Morgan fingerprint density at radius 2 is 2.38 bits per heavy atom. The van der Waals surface area contributed by atoms with Crippen molar-refractivity contribution < 1.29 is 4.74 Å². The lowest BCUT2D eigenvalue weighted by molar-refractivity contribution is 0.0814. The quantitative estimate of drug-likeness (QED) is 0.835. The van der Waals surface area contributed by atoms with Gasteiger partial charge in [0.25, 0.3) is 0 Å². The van der Waals surface area contributed by atoms with Gasteiger partial charge in [0, 0.05) is 25.4 Å². The Morgan fingerprint density at radius 3 is 2.94 bits per heavy atom. The van der Waals surface area contributed by atoms with E-state index in [9.17, 15) is 0 Å². The van der Waals surface area contributed by atoms with E-state index in [-0.39, 0.29) is 0 Å². The summed E-state index contributed by atoms with van der Waals surface area (Å²) in [5.41, 5.74) is 6.75. The largest absolute Gasteiger partial charge is 0.384 e. The van der Waals surface area contributed by atoms with Crippen molar-refractivity contribution in [1.82, 2.24) is 9.88 Å². The molecule has 1 fully saturated rings. The normalized spacial score (nSPS) is 25.2. The lowest BCUT2D eigenvalue weighted by Gasteiger charge is -2.26. The van der Waals surface area contributed by atoms with Crippen LogP contribution in [0, 0.1) is 0 Å². The molecule has 1 aliphatic heterocycles. The van der Waals surface area contributed by atoms with E-state index in [0.717, 1.165) is 19.6 Å². The molecule has 1 aromatic rings. The molecule has 0 spiro atoms. The molecule has 0 bridgehead atoms. The zero-order valence-corrected chi connectivity index (χ0v) is 9.89. The van der Waals surface area contributed by atoms with Gasteiger partial charge in [-0.05, 0) is 32.0 Å². The molecule has 0 radical (unpaired) electrons. The zero-order chi connectivity index (χ0) is 11.5. The average Bonchev–Trinajstić information content (AvgIpc) is 2.68. The van der Waals surface area contributed by atoms with Crippen molar-refractivity contribution >= 4 is 5.82 Å². The molecule has 2 rings (SSSR count). The van der Waals surface area contributed by atoms with E-state index in [1.54, 1.807) is 0 Å². The number of nitrogen functional groups attached to an aromatic ring is 1. The van der Waals surface area contributed by atoms with Gasteiger partial charge in [-0.15, -0.1) is 0 Å². The Hall–Kier alpha value is -1.13. The molecule has 1 saturated heterocycles. The number of rotatable bonds is 3. The van der Waals surface area contributed by atoms with E-state index in [0.29, 0.717) is 18.0 Å². The SMILES string of the molecule is CC1OCCC1N(C)Cc1ccc(N)nc1. The summed E-state index contributed by atoms with van der Waals surface area (Å²) in [4.78, 5) is 6.42. The summed E-state index contributed by atoms with van der Waals surface area (Å²) in [6.07, 6.45) is 3.28. The molecule has 2 N–H and O–H groups in total. The summed E-state index contributed by atoms with van der Waals surface area (Å²) in [5.74, 6) is 0.573. The number of anilines is 1. The third-order valence-electron chi connectivity index (χ3n) is 3.18. The van der Waals surface area contributed by atoms with E-state index < -0.39 is 0 Å². The van der Waals surface area contributed by atoms with Gasteiger partial charge in [-0.1, -0.05) is 6.07 Å². The summed E-state index contributed by atoms with van der Waals surface area (Å²) in [5, 5.41) is 0. The molecule has 1 aromatic heterocycles. The predicted octanol–water partition coefficient (Wildman–Crippen LogP) is 1.27. The summed E-state index contributed by atoms with van der Waals surface area (Å²) < 4.78 is 5.57. The van der Waals surface area contributed by atoms with Crippen LogP contribution in [-0.4, -0.2) is 35.7 Å². The van der Waals surface area contributed by atoms with Crippen LogP contribution in [0.5, 0.6) is 0 Å². The third kappa shape index (κ3) is 2.51. The number of hydrogen-bond donors (Lipinski definition) is 1. The molecule has 2 unspecified atom stereocenters. The second kappa shape index (κ2) is 4.80. The van der Waals surface area contributed by atoms with Crippen LogP contribution in [0.1, 0.15) is 18.9 Å². The Labute approximate surface area is 96.4 Å². The fourth-order valence-electron chi connectivity index (χ4n) is 2.23. The lowest BCUT2D eigenvalue weighted by atomic mass is 10.1. The number of aromatic nitrogens is 1. The van der Waals surface area contributed by atoms with E-state index in [1.807, 2.05) is 18.3 Å². The fourth-order valence-corrected chi connectivity index (χ4v) is 2.23. The van der Waals surface area contributed by atoms with Crippen molar-refractivity contribution in [2.45, 2.75) is 32.0 Å². The van der Waals surface area contributed by atoms with Crippen molar-refractivity contribution in [2.24, 2.45) is 0 Å². The number of pyridine rings is 1. The highest BCUT2D eigenvalue weighted by Crippen LogP contribution is 2.19. The van der Waals surface area contributed by atoms with Crippen LogP contribution in [0.4, 0.5) is 5.82 Å². The maximum absolute atomic E-state index is 5.57. The molecule has 0 aromatic carbocycles. The second-order valence-electron chi connectivity index (χ2n) is 4.44. The third-order valence-corrected chi connectivity index (χ3v) is 3.18. The number of likely N-dealkylation sites (N-methyl/N-ethyl adjacent to an activating group) is 1. The van der Waals surface area contributed by atoms with Gasteiger partial charge in [0.2, 0.25) is 0 Å². The van der Waals surface area contributed by atoms with Crippen LogP contribution in [0.2, 0.25) is 0 Å². The number of hydrogen-bond acceptors (Lipinski definition) is 4. The summed E-state index contributed by atoms with van der Waals surface area (Å²) in [6, 6.07) is 4.38. The van der Waals surface area contributed by atoms with Crippen molar-refractivity contribution in [3.05, 3.63) is 23.9 Å². The summed E-state index contributed by atoms with van der Waals surface area (Å²) in [6.45, 7) is 3.90. The van der Waals surface area contributed by atoms with Crippen molar-refractivity contribution in [2.75, 3.05) is 19.4 Å². The average molecular weight is 221 g/mol. The molecule has 0 aliphatic carbocycles. The molecule has 88 valence electrons. The molecule has 4 heteroatoms. The number of ether oxygens (including phenoxy) is 1. The predicted molar refractivity (Wildman–Crippen MR) is 63.9 cm³/mol. The molecule has 16 heavy (non-hydrogen) atoms. The maximum Gasteiger partial charge on any atom is 0.123 e. The van der Waals surface area contributed by atoms with Gasteiger partial charge in [0.1, 0.15) is 5.82 Å². The first-order chi connectivity index (χ1) is 7.66. The van der Waals surface area contributed by atoms with Crippen molar-refractivity contribution in [1.29, 1.82) is 0 Å². The molecule has 4 nitrogen and oxygen atoms in total. The van der Waals surface area contributed by atoms with Crippen molar-refractivity contribution in [3.63, 3.8) is 0 Å². The summed E-state index contributed by atoms with van der Waals surface area (Å²) >= 11 is 0. The van der Waals surface area contributed by atoms with E-state index in [4.69, 9.17) is 10.5 Å². The van der Waals surface area contributed by atoms with Crippen LogP contribution in [-0.2, 0) is 11.3 Å². The Morgan fingerprint density at radius 1 is 1.56 bits per heavy atom. The first kappa shape index (κ1) is 11.4. The summed E-state index contributed by atoms with van der Waals surface area (Å²) in [7, 11) is 2.13. The number of nitrogens with two attached hydrogens (primary N) is 1. The number of nitrogens with zero attached hydrogens (tertiary/aromatic N) is 2. The maximum atomic E-state index is 5.57. The Bertz CT molecular complexity index is 339. The van der Waals surface area contributed by atoms with Gasteiger partial charge in [0.05, 0.1) is 6.10 Å². The molecule has 0 saturated carbocycles. The highest BCUT2D eigenvalue weighted by Gasteiger charge is 2.27. The monoisotopic (exact) mass is 221 g/mol. The van der Waals surface area contributed by atoms with E-state index in [1.165, 1.54) is 5.56 Å². The minimum atomic E-state index is 0.326. The van der Waals surface area contributed by atoms with Crippen LogP contribution in [0.15, 0.2) is 18.3 Å². The standard InChI is InChI=1S/C12H19N3O/c1-9-11(5-6-16-9)15(2)8-10-3-4-12(13)14-7-10/h3-4,7,9,11H,5-6,8H2,1-2H3,(H2,13,14). The Kier molecular flexibility index (Phi) is 3.41. The highest BCUT2D eigenvalue weighted by atomic mass is 16.5. The lowest BCUT2D eigenvalue weighted by Crippen LogP contribution is -2.36. The van der Waals surface area contributed by atoms with Gasteiger partial charge < -0.3 is 10.5 Å². The Balaban J connectivity index is 1.96. The smallest absolute Gasteiger partial charge is 0.123 e. The second-order valence-corrected chi connectivity index (χ2v) is 4.44. The van der Waals surface area contributed by atoms with Crippen LogP contribution in [0.25, 0.3) is 0 Å². The van der Waals surface area contributed by atoms with Gasteiger partial charge in [-0.3, -0.25) is 4.90 Å². The van der Waals surface area contributed by atoms with Gasteiger partial charge in [0.15, 0.2) is 0 Å². The van der Waals surface area contributed by atoms with Crippen LogP contribution < -0.4 is 5.73 Å². The molecule has 2 atom stereocenters. The molecule has 0 amide bonds. The van der Waals surface area contributed by atoms with Crippen LogP contribution in [0.3, 0.4) is 0 Å².